The quantitative estimate of drug-likeness (QED) is 0.0527. The van der Waals surface area contributed by atoms with Crippen LogP contribution in [0.1, 0.15) is 191 Å². The van der Waals surface area contributed by atoms with Crippen LogP contribution >= 0.6 is 0 Å². The van der Waals surface area contributed by atoms with Crippen LogP contribution in [-0.2, 0) is 27.3 Å². The van der Waals surface area contributed by atoms with Crippen molar-refractivity contribution in [2.75, 3.05) is 0 Å². The van der Waals surface area contributed by atoms with Crippen LogP contribution in [-0.4, -0.2) is 4.70 Å². The normalized spacial score (nSPS) is 13.1. The first-order valence-electron chi connectivity index (χ1n) is 20.4. The first kappa shape index (κ1) is 43.2. The summed E-state index contributed by atoms with van der Waals surface area (Å²) in [5, 5.41) is 0. The number of allylic oxidation sites excluding steroid dienone is 2. The van der Waals surface area contributed by atoms with E-state index in [4.69, 9.17) is 0 Å². The van der Waals surface area contributed by atoms with Crippen molar-refractivity contribution in [1.82, 2.24) is 0 Å². The van der Waals surface area contributed by atoms with Crippen molar-refractivity contribution in [3.8, 4) is 0 Å². The van der Waals surface area contributed by atoms with Crippen molar-refractivity contribution in [3.05, 3.63) is 87.5 Å². The Hall–Kier alpha value is -1.99. The van der Waals surface area contributed by atoms with E-state index in [0.29, 0.717) is 0 Å². The molecule has 278 valence electrons. The Labute approximate surface area is 310 Å². The third kappa shape index (κ3) is 16.7. The van der Waals surface area contributed by atoms with Gasteiger partial charge in [0.15, 0.2) is 0 Å². The van der Waals surface area contributed by atoms with Crippen molar-refractivity contribution in [2.24, 2.45) is 0 Å². The van der Waals surface area contributed by atoms with E-state index in [2.05, 4.69) is 88.0 Å². The van der Waals surface area contributed by atoms with E-state index in [9.17, 15) is 5.53 Å². The van der Waals surface area contributed by atoms with Gasteiger partial charge in [0.1, 0.15) is 0 Å². The van der Waals surface area contributed by atoms with Gasteiger partial charge >= 0.3 is 26.2 Å². The number of rotatable bonds is 26. The van der Waals surface area contributed by atoms with Crippen LogP contribution in [0.25, 0.3) is 16.9 Å². The Balaban J connectivity index is 0.00000267. The second-order valence-corrected chi connectivity index (χ2v) is 15.4. The second-order valence-electron chi connectivity index (χ2n) is 14.4. The van der Waals surface area contributed by atoms with Gasteiger partial charge in [-0.2, -0.15) is 0 Å². The molecule has 3 heteroatoms. The topological polar surface area (TPSA) is 25.3 Å². The summed E-state index contributed by atoms with van der Waals surface area (Å²) >= 11 is 1.62. The van der Waals surface area contributed by atoms with Crippen LogP contribution in [0.5, 0.6) is 0 Å². The Kier molecular flexibility index (Phi) is 24.4. The molecule has 0 amide bonds. The Morgan fingerprint density at radius 1 is 0.490 bits per heavy atom. The average Bonchev–Trinajstić information content (AvgIpc) is 3.36. The van der Waals surface area contributed by atoms with E-state index >= 15 is 0 Å². The zero-order valence-electron chi connectivity index (χ0n) is 32.8. The van der Waals surface area contributed by atoms with Crippen molar-refractivity contribution in [3.63, 3.8) is 0 Å². The first-order chi connectivity index (χ1) is 24.0. The van der Waals surface area contributed by atoms with E-state index in [1.807, 2.05) is 0 Å². The first-order valence-corrected chi connectivity index (χ1v) is 22.3. The molecule has 3 rings (SSSR count). The van der Waals surface area contributed by atoms with Crippen molar-refractivity contribution >= 4 is 11.4 Å². The third-order valence-corrected chi connectivity index (χ3v) is 10.1. The van der Waals surface area contributed by atoms with E-state index in [1.165, 1.54) is 157 Å². The summed E-state index contributed by atoms with van der Waals surface area (Å²) in [6.45, 7) is 9.10. The van der Waals surface area contributed by atoms with E-state index in [0.717, 1.165) is 41.8 Å². The molecule has 2 aromatic rings. The number of hydrogen-bond donors (Lipinski definition) is 0. The number of hydrogen-bond acceptors (Lipinski definition) is 0. The zero-order valence-corrected chi connectivity index (χ0v) is 33.8. The van der Waals surface area contributed by atoms with E-state index in [1.54, 1.807) is 19.1 Å². The van der Waals surface area contributed by atoms with Gasteiger partial charge in [-0.3, -0.25) is 0 Å². The van der Waals surface area contributed by atoms with Gasteiger partial charge < -0.3 is 5.53 Å². The van der Waals surface area contributed by atoms with Crippen molar-refractivity contribution in [1.29, 1.82) is 0 Å². The minimum atomic E-state index is 0.979. The predicted molar refractivity (Wildman–Crippen MR) is 214 cm³/mol. The molecule has 0 bridgehead atoms. The molecule has 1 aliphatic rings. The summed E-state index contributed by atoms with van der Waals surface area (Å²) in [5.74, 6) is 4.12. The average molecular weight is 714 g/mol. The second kappa shape index (κ2) is 27.7. The molecule has 2 aromatic carbocycles. The zero-order chi connectivity index (χ0) is 35.5. The molecule has 0 aromatic heterocycles. The maximum absolute atomic E-state index is 11.9. The summed E-state index contributed by atoms with van der Waals surface area (Å²) in [5.41, 5.74) is 21.6. The van der Waals surface area contributed by atoms with Crippen LogP contribution in [0.15, 0.2) is 59.7 Å². The Morgan fingerprint density at radius 2 is 0.837 bits per heavy atom. The van der Waals surface area contributed by atoms with Gasteiger partial charge in [0, 0.05) is 22.3 Å². The van der Waals surface area contributed by atoms with Crippen molar-refractivity contribution in [2.45, 2.75) is 194 Å². The van der Waals surface area contributed by atoms with Crippen LogP contribution in [0.3, 0.4) is 0 Å². The molecule has 1 aliphatic heterocycles. The molecule has 0 saturated heterocycles. The van der Waals surface area contributed by atoms with E-state index < -0.39 is 0 Å². The van der Waals surface area contributed by atoms with Crippen LogP contribution in [0, 0.1) is 0 Å². The summed E-state index contributed by atoms with van der Waals surface area (Å²) in [6.07, 6.45) is 31.1. The van der Waals surface area contributed by atoms with Gasteiger partial charge in [-0.25, -0.2) is 4.70 Å². The maximum atomic E-state index is 11.9. The SMILES string of the molecule is CCCCCCCCCCCC1=C(c2cccc(CCCCCCCC)c2)[N+](=[N-])C(c2cccc(CCCCCCCC)c2)=C1C.[CH3][Ni][CH3]. The van der Waals surface area contributed by atoms with Crippen LogP contribution in [0.4, 0.5) is 0 Å². The number of aryl methyl sites for hydroxylation is 2. The molecule has 49 heavy (non-hydrogen) atoms. The Bertz CT molecular complexity index is 1240. The van der Waals surface area contributed by atoms with Gasteiger partial charge in [-0.15, -0.1) is 0 Å². The molecule has 1 heterocycles. The Morgan fingerprint density at radius 3 is 1.24 bits per heavy atom. The molecule has 0 unspecified atom stereocenters. The molecule has 0 radical (unpaired) electrons. The van der Waals surface area contributed by atoms with Crippen LogP contribution < -0.4 is 0 Å². The minimum absolute atomic E-state index is 0.979. The molecule has 0 spiro atoms. The van der Waals surface area contributed by atoms with Crippen LogP contribution in [0.2, 0.25) is 11.8 Å². The third-order valence-electron chi connectivity index (χ3n) is 10.1. The molecule has 2 nitrogen and oxygen atoms in total. The molecule has 0 saturated carbocycles. The summed E-state index contributed by atoms with van der Waals surface area (Å²) < 4.78 is 1.55. The van der Waals surface area contributed by atoms with Gasteiger partial charge in [-0.1, -0.05) is 161 Å². The molecular formula is C46H74N2Ni. The molecule has 0 atom stereocenters. The predicted octanol–water partition coefficient (Wildman–Crippen LogP) is 15.8. The fraction of sp³-hybridized carbons (Fsp3) is 0.652. The number of unbranched alkanes of at least 4 members (excludes halogenated alkanes) is 18. The standard InChI is InChI=1S/C44H68N2.2CH3.Ni/c1-5-8-11-14-17-18-19-22-25-34-42-37(4)43(40-32-26-30-38(35-40)28-23-20-15-12-9-6-2)46(45)44(42)41-33-27-31-39(36-41)29-24-21-16-13-10-7-3;;;/h26-27,30-33,35-36H,5-25,28-29,34H2,1-4H3;2*1H3;. The fourth-order valence-corrected chi connectivity index (χ4v) is 7.24. The van der Waals surface area contributed by atoms with Gasteiger partial charge in [0.05, 0.1) is 0 Å². The number of benzene rings is 2. The summed E-state index contributed by atoms with van der Waals surface area (Å²) in [7, 11) is 0. The summed E-state index contributed by atoms with van der Waals surface area (Å²) in [4.78, 5) is 0. The van der Waals surface area contributed by atoms with E-state index in [-0.39, 0.29) is 0 Å². The van der Waals surface area contributed by atoms with Gasteiger partial charge in [0.2, 0.25) is 11.4 Å². The summed E-state index contributed by atoms with van der Waals surface area (Å²) in [6, 6.07) is 18.0. The molecule has 0 fully saturated rings. The molecule has 0 aliphatic carbocycles. The molecule has 0 N–H and O–H groups in total. The van der Waals surface area contributed by atoms with Crippen molar-refractivity contribution < 1.29 is 19.1 Å². The van der Waals surface area contributed by atoms with Gasteiger partial charge in [-0.05, 0) is 80.8 Å². The monoisotopic (exact) mass is 713 g/mol. The molecular weight excluding hydrogens is 639 g/mol. The number of nitrogens with zero attached hydrogens (tertiary/aromatic N) is 2. The van der Waals surface area contributed by atoms with Gasteiger partial charge in [0.25, 0.3) is 0 Å². The fourth-order valence-electron chi connectivity index (χ4n) is 7.24.